The minimum Gasteiger partial charge on any atom is -0.493 e. The van der Waals surface area contributed by atoms with E-state index in [4.69, 9.17) is 4.74 Å². The molecule has 1 aromatic carbocycles. The van der Waals surface area contributed by atoms with Crippen LogP contribution in [-0.2, 0) is 0 Å². The number of benzene rings is 1. The average molecular weight is 293 g/mol. The van der Waals surface area contributed by atoms with Gasteiger partial charge in [-0.15, -0.1) is 0 Å². The highest BCUT2D eigenvalue weighted by Crippen LogP contribution is 2.27. The van der Waals surface area contributed by atoms with Gasteiger partial charge in [0.1, 0.15) is 11.6 Å². The number of hydrogen-bond acceptors (Lipinski definition) is 2. The fraction of sp³-hybridized carbons (Fsp3) is 0.571. The van der Waals surface area contributed by atoms with E-state index >= 15 is 0 Å². The van der Waals surface area contributed by atoms with Crippen LogP contribution in [0, 0.1) is 5.82 Å². The third kappa shape index (κ3) is 5.77. The van der Waals surface area contributed by atoms with Crippen LogP contribution in [0.15, 0.2) is 18.2 Å². The third-order valence-electron chi connectivity index (χ3n) is 2.79. The van der Waals surface area contributed by atoms with Crippen molar-refractivity contribution >= 4 is 0 Å². The van der Waals surface area contributed by atoms with Gasteiger partial charge in [0.05, 0.1) is 13.0 Å². The smallest absolute Gasteiger partial charge is 0.392 e. The zero-order chi connectivity index (χ0) is 15.2. The lowest BCUT2D eigenvalue weighted by Gasteiger charge is -2.18. The Balaban J connectivity index is 2.74. The van der Waals surface area contributed by atoms with Gasteiger partial charge in [-0.25, -0.2) is 4.39 Å². The maximum Gasteiger partial charge on any atom is 0.392 e. The number of ether oxygens (including phenoxy) is 1. The minimum absolute atomic E-state index is 0.114. The molecular weight excluding hydrogens is 274 g/mol. The molecule has 6 heteroatoms. The van der Waals surface area contributed by atoms with E-state index in [9.17, 15) is 17.6 Å². The molecule has 0 bridgehead atoms. The zero-order valence-electron chi connectivity index (χ0n) is 11.6. The summed E-state index contributed by atoms with van der Waals surface area (Å²) in [6.45, 7) is 4.12. The van der Waals surface area contributed by atoms with E-state index in [1.807, 2.05) is 13.8 Å². The first-order valence-electron chi connectivity index (χ1n) is 6.56. The van der Waals surface area contributed by atoms with Crippen LogP contribution in [0.1, 0.15) is 38.3 Å². The fourth-order valence-corrected chi connectivity index (χ4v) is 1.74. The second-order valence-corrected chi connectivity index (χ2v) is 4.57. The Morgan fingerprint density at radius 1 is 1.30 bits per heavy atom. The van der Waals surface area contributed by atoms with Crippen LogP contribution in [0.3, 0.4) is 0 Å². The quantitative estimate of drug-likeness (QED) is 0.760. The summed E-state index contributed by atoms with van der Waals surface area (Å²) >= 11 is 0. The summed E-state index contributed by atoms with van der Waals surface area (Å²) < 4.78 is 54.6. The van der Waals surface area contributed by atoms with Crippen LogP contribution in [0.5, 0.6) is 5.75 Å². The molecule has 1 atom stereocenters. The minimum atomic E-state index is -4.28. The van der Waals surface area contributed by atoms with Crippen LogP contribution >= 0.6 is 0 Å². The highest BCUT2D eigenvalue weighted by atomic mass is 19.4. The van der Waals surface area contributed by atoms with E-state index in [1.54, 1.807) is 0 Å². The molecule has 1 aromatic rings. The molecule has 1 N–H and O–H groups in total. The molecule has 0 saturated heterocycles. The van der Waals surface area contributed by atoms with Gasteiger partial charge in [-0.2, -0.15) is 13.2 Å². The SMILES string of the molecule is CCCNC(C)c1ccc(F)cc1OCCC(F)(F)F. The van der Waals surface area contributed by atoms with Crippen molar-refractivity contribution in [2.45, 2.75) is 38.9 Å². The first-order valence-corrected chi connectivity index (χ1v) is 6.56. The highest BCUT2D eigenvalue weighted by molar-refractivity contribution is 5.36. The van der Waals surface area contributed by atoms with Crippen LogP contribution in [0.25, 0.3) is 0 Å². The third-order valence-corrected chi connectivity index (χ3v) is 2.79. The van der Waals surface area contributed by atoms with Gasteiger partial charge in [-0.3, -0.25) is 0 Å². The van der Waals surface area contributed by atoms with E-state index in [2.05, 4.69) is 5.32 Å². The molecule has 0 fully saturated rings. The van der Waals surface area contributed by atoms with Crippen molar-refractivity contribution in [1.82, 2.24) is 5.32 Å². The first kappa shape index (κ1) is 16.8. The van der Waals surface area contributed by atoms with Crippen molar-refractivity contribution < 1.29 is 22.3 Å². The molecule has 0 aliphatic rings. The van der Waals surface area contributed by atoms with Gasteiger partial charge in [-0.1, -0.05) is 13.0 Å². The van der Waals surface area contributed by atoms with E-state index in [-0.39, 0.29) is 11.8 Å². The van der Waals surface area contributed by atoms with E-state index in [0.717, 1.165) is 19.0 Å². The summed E-state index contributed by atoms with van der Waals surface area (Å²) in [4.78, 5) is 0. The van der Waals surface area contributed by atoms with E-state index < -0.39 is 25.0 Å². The molecule has 0 aliphatic heterocycles. The summed E-state index contributed by atoms with van der Waals surface area (Å²) in [5.74, 6) is -0.371. The Bertz CT molecular complexity index is 420. The topological polar surface area (TPSA) is 21.3 Å². The normalized spacial score (nSPS) is 13.3. The lowest BCUT2D eigenvalue weighted by atomic mass is 10.1. The molecule has 0 amide bonds. The van der Waals surface area contributed by atoms with Crippen LogP contribution < -0.4 is 10.1 Å². The standard InChI is InChI=1S/C14H19F4NO/c1-3-7-19-10(2)12-5-4-11(15)9-13(12)20-8-6-14(16,17)18/h4-5,9-10,19H,3,6-8H2,1-2H3. The average Bonchev–Trinajstić information content (AvgIpc) is 2.34. The van der Waals surface area contributed by atoms with Gasteiger partial charge in [-0.05, 0) is 26.0 Å². The molecular formula is C14H19F4NO. The molecule has 0 saturated carbocycles. The van der Waals surface area contributed by atoms with Gasteiger partial charge >= 0.3 is 6.18 Å². The number of nitrogens with one attached hydrogen (secondary N) is 1. The van der Waals surface area contributed by atoms with Crippen molar-refractivity contribution in [2.75, 3.05) is 13.2 Å². The number of rotatable bonds is 7. The summed E-state index contributed by atoms with van der Waals surface area (Å²) in [5, 5.41) is 3.19. The molecule has 0 aliphatic carbocycles. The lowest BCUT2D eigenvalue weighted by Crippen LogP contribution is -2.20. The van der Waals surface area contributed by atoms with Crippen molar-refractivity contribution in [2.24, 2.45) is 0 Å². The van der Waals surface area contributed by atoms with Crippen molar-refractivity contribution in [3.63, 3.8) is 0 Å². The molecule has 114 valence electrons. The molecule has 1 unspecified atom stereocenters. The molecule has 1 rings (SSSR count). The molecule has 0 aromatic heterocycles. The Morgan fingerprint density at radius 2 is 2.00 bits per heavy atom. The number of hydrogen-bond donors (Lipinski definition) is 1. The Hall–Kier alpha value is -1.30. The second-order valence-electron chi connectivity index (χ2n) is 4.57. The monoisotopic (exact) mass is 293 g/mol. The molecule has 0 spiro atoms. The maximum absolute atomic E-state index is 13.2. The number of halogens is 4. The zero-order valence-corrected chi connectivity index (χ0v) is 11.6. The summed E-state index contributed by atoms with van der Waals surface area (Å²) in [6, 6.07) is 3.81. The number of alkyl halides is 3. The van der Waals surface area contributed by atoms with Crippen LogP contribution in [0.4, 0.5) is 17.6 Å². The molecule has 0 radical (unpaired) electrons. The van der Waals surface area contributed by atoms with Gasteiger partial charge < -0.3 is 10.1 Å². The lowest BCUT2D eigenvalue weighted by molar-refractivity contribution is -0.139. The Kier molecular flexibility index (Phi) is 6.26. The fourth-order valence-electron chi connectivity index (χ4n) is 1.74. The van der Waals surface area contributed by atoms with Crippen LogP contribution in [-0.4, -0.2) is 19.3 Å². The second kappa shape index (κ2) is 7.47. The van der Waals surface area contributed by atoms with Gasteiger partial charge in [0.15, 0.2) is 0 Å². The summed E-state index contributed by atoms with van der Waals surface area (Å²) in [5.41, 5.74) is 0.655. The van der Waals surface area contributed by atoms with E-state index in [1.165, 1.54) is 12.1 Å². The summed E-state index contributed by atoms with van der Waals surface area (Å²) in [6.07, 6.45) is -4.41. The van der Waals surface area contributed by atoms with E-state index in [0.29, 0.717) is 5.56 Å². The molecule has 2 nitrogen and oxygen atoms in total. The predicted octanol–water partition coefficient (Wildman–Crippen LogP) is 4.22. The maximum atomic E-state index is 13.2. The first-order chi connectivity index (χ1) is 9.33. The molecule has 0 heterocycles. The van der Waals surface area contributed by atoms with Gasteiger partial charge in [0.2, 0.25) is 0 Å². The van der Waals surface area contributed by atoms with Crippen molar-refractivity contribution in [3.8, 4) is 5.75 Å². The Labute approximate surface area is 116 Å². The van der Waals surface area contributed by atoms with Crippen molar-refractivity contribution in [3.05, 3.63) is 29.6 Å². The van der Waals surface area contributed by atoms with Gasteiger partial charge in [0, 0.05) is 17.7 Å². The Morgan fingerprint density at radius 3 is 2.60 bits per heavy atom. The van der Waals surface area contributed by atoms with Crippen molar-refractivity contribution in [1.29, 1.82) is 0 Å². The van der Waals surface area contributed by atoms with Crippen LogP contribution in [0.2, 0.25) is 0 Å². The highest BCUT2D eigenvalue weighted by Gasteiger charge is 2.27. The van der Waals surface area contributed by atoms with Gasteiger partial charge in [0.25, 0.3) is 0 Å². The largest absolute Gasteiger partial charge is 0.493 e. The predicted molar refractivity (Wildman–Crippen MR) is 69.3 cm³/mol. The molecule has 20 heavy (non-hydrogen) atoms. The summed E-state index contributed by atoms with van der Waals surface area (Å²) in [7, 11) is 0.